The van der Waals surface area contributed by atoms with Crippen LogP contribution in [-0.4, -0.2) is 33.9 Å². The van der Waals surface area contributed by atoms with Crippen molar-refractivity contribution in [3.63, 3.8) is 0 Å². The third-order valence-corrected chi connectivity index (χ3v) is 5.40. The van der Waals surface area contributed by atoms with Gasteiger partial charge in [-0.05, 0) is 50.6 Å². The van der Waals surface area contributed by atoms with Gasteiger partial charge in [-0.2, -0.15) is 5.26 Å². The molecule has 0 atom stereocenters. The van der Waals surface area contributed by atoms with Crippen LogP contribution in [0.4, 0.5) is 5.82 Å². The van der Waals surface area contributed by atoms with Crippen LogP contribution in [0, 0.1) is 18.3 Å². The summed E-state index contributed by atoms with van der Waals surface area (Å²) in [6, 6.07) is 7.96. The minimum atomic E-state index is -0.551. The number of rotatable bonds is 2. The first kappa shape index (κ1) is 15.7. The van der Waals surface area contributed by atoms with E-state index < -0.39 is 5.41 Å². The van der Waals surface area contributed by atoms with Gasteiger partial charge in [0.2, 0.25) is 5.91 Å². The van der Waals surface area contributed by atoms with E-state index in [1.165, 1.54) is 11.8 Å². The van der Waals surface area contributed by atoms with Gasteiger partial charge in [-0.1, -0.05) is 6.07 Å². The number of likely N-dealkylation sites (tertiary alicyclic amines) is 1. The van der Waals surface area contributed by atoms with Crippen LogP contribution >= 0.6 is 0 Å². The summed E-state index contributed by atoms with van der Waals surface area (Å²) >= 11 is 0. The topological polar surface area (TPSA) is 81.9 Å². The Hall–Kier alpha value is -2.78. The molecule has 126 valence electrons. The Labute approximate surface area is 146 Å². The second-order valence-corrected chi connectivity index (χ2v) is 6.81. The molecule has 0 saturated carbocycles. The Kier molecular flexibility index (Phi) is 3.74. The number of aryl methyl sites for hydroxylation is 1. The van der Waals surface area contributed by atoms with Crippen LogP contribution in [-0.2, 0) is 16.8 Å². The third kappa shape index (κ3) is 2.57. The fourth-order valence-corrected chi connectivity index (χ4v) is 3.82. The fraction of sp³-hybridized carbons (Fsp3) is 0.368. The molecule has 0 bridgehead atoms. The molecular formula is C19H19N5O. The molecule has 25 heavy (non-hydrogen) atoms. The molecule has 0 radical (unpaired) electrons. The molecule has 6 heteroatoms. The number of hydrogen-bond acceptors (Lipinski definition) is 5. The Bertz CT molecular complexity index is 878. The molecule has 1 amide bonds. The van der Waals surface area contributed by atoms with E-state index in [9.17, 15) is 4.79 Å². The van der Waals surface area contributed by atoms with Crippen LogP contribution in [0.1, 0.15) is 35.2 Å². The number of nitrogens with zero attached hydrogens (tertiary/aromatic N) is 4. The van der Waals surface area contributed by atoms with Crippen molar-refractivity contribution in [1.82, 2.24) is 14.9 Å². The zero-order chi connectivity index (χ0) is 17.4. The molecular weight excluding hydrogens is 314 g/mol. The monoisotopic (exact) mass is 333 g/mol. The number of fused-ring (bicyclic) bond motifs is 2. The summed E-state index contributed by atoms with van der Waals surface area (Å²) in [6.45, 7) is 4.51. The largest absolute Gasteiger partial charge is 0.310 e. The van der Waals surface area contributed by atoms with Crippen molar-refractivity contribution in [3.8, 4) is 6.07 Å². The molecule has 0 aliphatic carbocycles. The zero-order valence-corrected chi connectivity index (χ0v) is 14.1. The average Bonchev–Trinajstić information content (AvgIpc) is 2.90. The maximum atomic E-state index is 12.7. The summed E-state index contributed by atoms with van der Waals surface area (Å²) in [5.41, 5.74) is 3.11. The minimum Gasteiger partial charge on any atom is -0.310 e. The molecule has 6 nitrogen and oxygen atoms in total. The molecule has 2 aromatic heterocycles. The molecule has 0 unspecified atom stereocenters. The summed E-state index contributed by atoms with van der Waals surface area (Å²) in [4.78, 5) is 23.7. The SMILES string of the molecule is Cc1cccnc1CN1CCC2(CC1)C(=O)Nc1ncc(C#N)cc12. The second kappa shape index (κ2) is 5.94. The highest BCUT2D eigenvalue weighted by molar-refractivity contribution is 6.05. The Morgan fingerprint density at radius 1 is 1.36 bits per heavy atom. The molecule has 2 aliphatic rings. The number of nitrogens with one attached hydrogen (secondary N) is 1. The van der Waals surface area contributed by atoms with Crippen molar-refractivity contribution >= 4 is 11.7 Å². The molecule has 1 spiro atoms. The van der Waals surface area contributed by atoms with Gasteiger partial charge >= 0.3 is 0 Å². The van der Waals surface area contributed by atoms with E-state index >= 15 is 0 Å². The predicted octanol–water partition coefficient (Wildman–Crippen LogP) is 2.14. The van der Waals surface area contributed by atoms with E-state index in [1.807, 2.05) is 18.3 Å². The van der Waals surface area contributed by atoms with Crippen LogP contribution in [0.5, 0.6) is 0 Å². The number of anilines is 1. The maximum Gasteiger partial charge on any atom is 0.236 e. The third-order valence-electron chi connectivity index (χ3n) is 5.40. The fourth-order valence-electron chi connectivity index (χ4n) is 3.82. The number of piperidine rings is 1. The van der Waals surface area contributed by atoms with E-state index in [4.69, 9.17) is 5.26 Å². The van der Waals surface area contributed by atoms with Crippen molar-refractivity contribution in [3.05, 3.63) is 53.0 Å². The van der Waals surface area contributed by atoms with E-state index in [-0.39, 0.29) is 5.91 Å². The summed E-state index contributed by atoms with van der Waals surface area (Å²) in [5, 5.41) is 12.0. The number of carbonyl (C=O) groups excluding carboxylic acids is 1. The minimum absolute atomic E-state index is 0.0127. The van der Waals surface area contributed by atoms with E-state index in [0.29, 0.717) is 11.4 Å². The Morgan fingerprint density at radius 2 is 2.16 bits per heavy atom. The second-order valence-electron chi connectivity index (χ2n) is 6.81. The number of aromatic nitrogens is 2. The van der Waals surface area contributed by atoms with Gasteiger partial charge in [0.1, 0.15) is 11.9 Å². The van der Waals surface area contributed by atoms with Crippen molar-refractivity contribution in [1.29, 1.82) is 5.26 Å². The van der Waals surface area contributed by atoms with Gasteiger partial charge < -0.3 is 5.32 Å². The lowest BCUT2D eigenvalue weighted by Crippen LogP contribution is -2.46. The highest BCUT2D eigenvalue weighted by Gasteiger charge is 2.49. The van der Waals surface area contributed by atoms with Crippen molar-refractivity contribution in [2.45, 2.75) is 31.7 Å². The highest BCUT2D eigenvalue weighted by Crippen LogP contribution is 2.44. The lowest BCUT2D eigenvalue weighted by molar-refractivity contribution is -0.122. The van der Waals surface area contributed by atoms with Crippen molar-refractivity contribution in [2.24, 2.45) is 0 Å². The smallest absolute Gasteiger partial charge is 0.236 e. The lowest BCUT2D eigenvalue weighted by atomic mass is 9.74. The van der Waals surface area contributed by atoms with Crippen LogP contribution < -0.4 is 5.32 Å². The van der Waals surface area contributed by atoms with E-state index in [2.05, 4.69) is 39.2 Å². The number of hydrogen-bond donors (Lipinski definition) is 1. The molecule has 2 aliphatic heterocycles. The van der Waals surface area contributed by atoms with E-state index in [1.54, 1.807) is 0 Å². The first-order valence-electron chi connectivity index (χ1n) is 8.47. The predicted molar refractivity (Wildman–Crippen MR) is 92.7 cm³/mol. The van der Waals surface area contributed by atoms with Gasteiger partial charge in [0.25, 0.3) is 0 Å². The van der Waals surface area contributed by atoms with Crippen molar-refractivity contribution < 1.29 is 4.79 Å². The van der Waals surface area contributed by atoms with Crippen LogP contribution in [0.2, 0.25) is 0 Å². The molecule has 1 saturated heterocycles. The lowest BCUT2D eigenvalue weighted by Gasteiger charge is -2.37. The molecule has 4 heterocycles. The van der Waals surface area contributed by atoms with Gasteiger partial charge in [-0.25, -0.2) is 4.98 Å². The number of pyridine rings is 2. The van der Waals surface area contributed by atoms with Gasteiger partial charge in [0, 0.05) is 24.5 Å². The highest BCUT2D eigenvalue weighted by atomic mass is 16.2. The number of amides is 1. The molecule has 1 fully saturated rings. The average molecular weight is 333 g/mol. The normalized spacial score (nSPS) is 18.6. The van der Waals surface area contributed by atoms with Gasteiger partial charge in [0.05, 0.1) is 16.7 Å². The zero-order valence-electron chi connectivity index (χ0n) is 14.1. The molecule has 2 aromatic rings. The number of nitriles is 1. The summed E-state index contributed by atoms with van der Waals surface area (Å²) in [5.74, 6) is 0.622. The standard InChI is InChI=1S/C19H19N5O/c1-13-3-2-6-21-16(13)12-24-7-4-19(5-8-24)15-9-14(10-20)11-22-17(15)23-18(19)25/h2-3,6,9,11H,4-5,7-8,12H2,1H3,(H,22,23,25). The van der Waals surface area contributed by atoms with Crippen LogP contribution in [0.3, 0.4) is 0 Å². The van der Waals surface area contributed by atoms with Gasteiger partial charge in [-0.15, -0.1) is 0 Å². The van der Waals surface area contributed by atoms with Gasteiger partial charge in [0.15, 0.2) is 0 Å². The van der Waals surface area contributed by atoms with Crippen molar-refractivity contribution in [2.75, 3.05) is 18.4 Å². The summed E-state index contributed by atoms with van der Waals surface area (Å²) < 4.78 is 0. The first-order chi connectivity index (χ1) is 12.1. The Balaban J connectivity index is 1.55. The molecule has 4 rings (SSSR count). The summed E-state index contributed by atoms with van der Waals surface area (Å²) in [7, 11) is 0. The van der Waals surface area contributed by atoms with Crippen LogP contribution in [0.15, 0.2) is 30.6 Å². The maximum absolute atomic E-state index is 12.7. The number of carbonyl (C=O) groups is 1. The Morgan fingerprint density at radius 3 is 2.88 bits per heavy atom. The molecule has 0 aromatic carbocycles. The van der Waals surface area contributed by atoms with E-state index in [0.717, 1.165) is 43.7 Å². The van der Waals surface area contributed by atoms with Gasteiger partial charge in [-0.3, -0.25) is 14.7 Å². The summed E-state index contributed by atoms with van der Waals surface area (Å²) in [6.07, 6.45) is 4.79. The first-order valence-corrected chi connectivity index (χ1v) is 8.47. The molecule has 1 N–H and O–H groups in total. The quantitative estimate of drug-likeness (QED) is 0.910. The van der Waals surface area contributed by atoms with Crippen LogP contribution in [0.25, 0.3) is 0 Å².